The Labute approximate surface area is 113 Å². The zero-order chi connectivity index (χ0) is 14.5. The molecule has 2 rings (SSSR count). The van der Waals surface area contributed by atoms with E-state index < -0.39 is 17.9 Å². The molecule has 2 aromatic heterocycles. The molecule has 1 unspecified atom stereocenters. The van der Waals surface area contributed by atoms with Crippen LogP contribution in [0.3, 0.4) is 0 Å². The van der Waals surface area contributed by atoms with Crippen LogP contribution in [-0.4, -0.2) is 48.2 Å². The normalized spacial score (nSPS) is 12.1. The molecule has 9 heteroatoms. The third kappa shape index (κ3) is 3.19. The third-order valence-electron chi connectivity index (χ3n) is 2.65. The van der Waals surface area contributed by atoms with Crippen molar-refractivity contribution in [3.63, 3.8) is 0 Å². The van der Waals surface area contributed by atoms with Crippen LogP contribution in [0.15, 0.2) is 12.5 Å². The molecule has 2 aromatic rings. The van der Waals surface area contributed by atoms with E-state index >= 15 is 0 Å². The maximum atomic E-state index is 11.9. The summed E-state index contributed by atoms with van der Waals surface area (Å²) in [7, 11) is 0. The highest BCUT2D eigenvalue weighted by Crippen LogP contribution is 2.01. The summed E-state index contributed by atoms with van der Waals surface area (Å²) in [4.78, 5) is 33.6. The molecule has 0 radical (unpaired) electrons. The Kier molecular flexibility index (Phi) is 4.08. The van der Waals surface area contributed by atoms with Crippen molar-refractivity contribution in [3.8, 4) is 0 Å². The topological polar surface area (TPSA) is 137 Å². The van der Waals surface area contributed by atoms with Crippen LogP contribution in [0.4, 0.5) is 0 Å². The molecule has 0 bridgehead atoms. The fourth-order valence-corrected chi connectivity index (χ4v) is 1.59. The number of carboxylic acid groups (broad SMARTS) is 1. The first kappa shape index (κ1) is 13.7. The molecule has 0 aromatic carbocycles. The molecule has 0 aliphatic heterocycles. The van der Waals surface area contributed by atoms with Gasteiger partial charge in [-0.2, -0.15) is 0 Å². The van der Waals surface area contributed by atoms with Gasteiger partial charge in [0.05, 0.1) is 6.33 Å². The molecule has 0 fully saturated rings. The van der Waals surface area contributed by atoms with E-state index in [0.717, 1.165) is 0 Å². The largest absolute Gasteiger partial charge is 0.480 e. The smallest absolute Gasteiger partial charge is 0.326 e. The first-order valence-corrected chi connectivity index (χ1v) is 6.02. The molecule has 4 N–H and O–H groups in total. The number of H-pyrrole nitrogens is 2. The number of aromatic nitrogens is 5. The number of hydrogen-bond donors (Lipinski definition) is 4. The fourth-order valence-electron chi connectivity index (χ4n) is 1.59. The molecule has 9 nitrogen and oxygen atoms in total. The van der Waals surface area contributed by atoms with E-state index in [-0.39, 0.29) is 12.2 Å². The Morgan fingerprint density at radius 2 is 2.30 bits per heavy atom. The summed E-state index contributed by atoms with van der Waals surface area (Å²) in [6, 6.07) is -1.08. The number of hydrogen-bond acceptors (Lipinski definition) is 5. The van der Waals surface area contributed by atoms with Crippen molar-refractivity contribution in [1.29, 1.82) is 0 Å². The molecule has 0 aliphatic rings. The van der Waals surface area contributed by atoms with Crippen molar-refractivity contribution in [2.75, 3.05) is 0 Å². The second-order valence-corrected chi connectivity index (χ2v) is 4.10. The molecular weight excluding hydrogens is 264 g/mol. The van der Waals surface area contributed by atoms with E-state index in [1.54, 1.807) is 0 Å². The average Bonchev–Trinajstić information content (AvgIpc) is 3.08. The van der Waals surface area contributed by atoms with Crippen molar-refractivity contribution in [2.45, 2.75) is 25.8 Å². The van der Waals surface area contributed by atoms with E-state index in [1.165, 1.54) is 12.5 Å². The van der Waals surface area contributed by atoms with E-state index in [4.69, 9.17) is 5.11 Å². The lowest BCUT2D eigenvalue weighted by Crippen LogP contribution is -2.42. The molecule has 0 spiro atoms. The molecule has 0 saturated carbocycles. The maximum Gasteiger partial charge on any atom is 0.326 e. The number of carbonyl (C=O) groups is 2. The van der Waals surface area contributed by atoms with Gasteiger partial charge in [-0.3, -0.25) is 9.89 Å². The minimum absolute atomic E-state index is 0.0716. The van der Waals surface area contributed by atoms with Crippen molar-refractivity contribution >= 4 is 11.9 Å². The number of carboxylic acids is 1. The van der Waals surface area contributed by atoms with Crippen LogP contribution >= 0.6 is 0 Å². The van der Waals surface area contributed by atoms with E-state index in [2.05, 4.69) is 30.5 Å². The SMILES string of the molecule is CCc1nc(C(=O)NC(Cc2cnc[nH]2)C(=O)O)n[nH]1. The van der Waals surface area contributed by atoms with Crippen LogP contribution in [0, 0.1) is 0 Å². The number of aryl methyl sites for hydroxylation is 1. The lowest BCUT2D eigenvalue weighted by Gasteiger charge is -2.12. The summed E-state index contributed by atoms with van der Waals surface area (Å²) in [5.74, 6) is -1.28. The number of amides is 1. The summed E-state index contributed by atoms with van der Waals surface area (Å²) in [5, 5.41) is 17.8. The Hall–Kier alpha value is -2.71. The summed E-state index contributed by atoms with van der Waals surface area (Å²) in [5.41, 5.74) is 0.613. The Balaban J connectivity index is 2.04. The van der Waals surface area contributed by atoms with Gasteiger partial charge in [0.25, 0.3) is 5.91 Å². The Morgan fingerprint density at radius 3 is 2.85 bits per heavy atom. The second-order valence-electron chi connectivity index (χ2n) is 4.10. The molecule has 1 amide bonds. The van der Waals surface area contributed by atoms with E-state index in [9.17, 15) is 9.59 Å². The predicted molar refractivity (Wildman–Crippen MR) is 66.9 cm³/mol. The van der Waals surface area contributed by atoms with Crippen LogP contribution in [0.5, 0.6) is 0 Å². The number of aromatic amines is 2. The molecule has 1 atom stereocenters. The summed E-state index contributed by atoms with van der Waals surface area (Å²) in [6.45, 7) is 1.86. The quantitative estimate of drug-likeness (QED) is 0.563. The Bertz CT molecular complexity index is 591. The number of rotatable bonds is 6. The highest BCUT2D eigenvalue weighted by atomic mass is 16.4. The van der Waals surface area contributed by atoms with Gasteiger partial charge in [-0.1, -0.05) is 6.92 Å². The minimum Gasteiger partial charge on any atom is -0.480 e. The molecule has 20 heavy (non-hydrogen) atoms. The van der Waals surface area contributed by atoms with Gasteiger partial charge in [-0.05, 0) is 0 Å². The number of nitrogens with zero attached hydrogens (tertiary/aromatic N) is 3. The van der Waals surface area contributed by atoms with Crippen molar-refractivity contribution in [2.24, 2.45) is 0 Å². The highest BCUT2D eigenvalue weighted by molar-refractivity contribution is 5.93. The van der Waals surface area contributed by atoms with Crippen LogP contribution in [0.1, 0.15) is 29.1 Å². The van der Waals surface area contributed by atoms with Gasteiger partial charge in [0.2, 0.25) is 5.82 Å². The lowest BCUT2D eigenvalue weighted by molar-refractivity contribution is -0.139. The zero-order valence-electron chi connectivity index (χ0n) is 10.8. The summed E-state index contributed by atoms with van der Waals surface area (Å²) in [6.07, 6.45) is 3.66. The molecule has 0 aliphatic carbocycles. The number of carbonyl (C=O) groups excluding carboxylic acids is 1. The standard InChI is InChI=1S/C11H14N6O3/c1-2-8-15-9(17-16-8)10(18)14-7(11(19)20)3-6-4-12-5-13-6/h4-5,7H,2-3H2,1H3,(H,12,13)(H,14,18)(H,19,20)(H,15,16,17). The van der Waals surface area contributed by atoms with Crippen molar-refractivity contribution < 1.29 is 14.7 Å². The van der Waals surface area contributed by atoms with Crippen LogP contribution in [-0.2, 0) is 17.6 Å². The zero-order valence-corrected chi connectivity index (χ0v) is 10.8. The van der Waals surface area contributed by atoms with Gasteiger partial charge < -0.3 is 15.4 Å². The fraction of sp³-hybridized carbons (Fsp3) is 0.364. The monoisotopic (exact) mass is 278 g/mol. The summed E-state index contributed by atoms with van der Waals surface area (Å²) >= 11 is 0. The number of imidazole rings is 1. The Morgan fingerprint density at radius 1 is 1.50 bits per heavy atom. The first-order chi connectivity index (χ1) is 9.60. The van der Waals surface area contributed by atoms with Crippen molar-refractivity contribution in [3.05, 3.63) is 29.9 Å². The van der Waals surface area contributed by atoms with Crippen LogP contribution in [0.2, 0.25) is 0 Å². The first-order valence-electron chi connectivity index (χ1n) is 6.02. The van der Waals surface area contributed by atoms with Gasteiger partial charge in [0, 0.05) is 24.7 Å². The average molecular weight is 278 g/mol. The maximum absolute atomic E-state index is 11.9. The minimum atomic E-state index is -1.14. The number of nitrogens with one attached hydrogen (secondary N) is 3. The van der Waals surface area contributed by atoms with Gasteiger partial charge in [-0.25, -0.2) is 14.8 Å². The highest BCUT2D eigenvalue weighted by Gasteiger charge is 2.23. The molecule has 106 valence electrons. The lowest BCUT2D eigenvalue weighted by atomic mass is 10.1. The van der Waals surface area contributed by atoms with Crippen LogP contribution < -0.4 is 5.32 Å². The molecular formula is C11H14N6O3. The van der Waals surface area contributed by atoms with Crippen LogP contribution in [0.25, 0.3) is 0 Å². The van der Waals surface area contributed by atoms with Crippen molar-refractivity contribution in [1.82, 2.24) is 30.5 Å². The van der Waals surface area contributed by atoms with Gasteiger partial charge >= 0.3 is 5.97 Å². The predicted octanol–water partition coefficient (Wildman–Crippen LogP) is -0.484. The second kappa shape index (κ2) is 5.95. The molecule has 0 saturated heterocycles. The molecule has 2 heterocycles. The summed E-state index contributed by atoms with van der Waals surface area (Å²) < 4.78 is 0. The van der Waals surface area contributed by atoms with E-state index in [1.807, 2.05) is 6.92 Å². The van der Waals surface area contributed by atoms with Gasteiger partial charge in [0.15, 0.2) is 0 Å². The number of aliphatic carboxylic acids is 1. The van der Waals surface area contributed by atoms with Gasteiger partial charge in [0.1, 0.15) is 11.9 Å². The van der Waals surface area contributed by atoms with E-state index in [0.29, 0.717) is 17.9 Å². The third-order valence-corrected chi connectivity index (χ3v) is 2.65. The van der Waals surface area contributed by atoms with Gasteiger partial charge in [-0.15, -0.1) is 5.10 Å².